The predicted octanol–water partition coefficient (Wildman–Crippen LogP) is 5.70. The van der Waals surface area contributed by atoms with Crippen LogP contribution in [0.5, 0.6) is 5.75 Å². The highest BCUT2D eigenvalue weighted by Gasteiger charge is 2.24. The molecule has 3 nitrogen and oxygen atoms in total. The Bertz CT molecular complexity index is 922. The van der Waals surface area contributed by atoms with Crippen LogP contribution >= 0.6 is 0 Å². The minimum Gasteiger partial charge on any atom is -0.507 e. The summed E-state index contributed by atoms with van der Waals surface area (Å²) in [6.07, 6.45) is 1.91. The monoisotopic (exact) mass is 374 g/mol. The van der Waals surface area contributed by atoms with Crippen molar-refractivity contribution in [3.63, 3.8) is 0 Å². The third kappa shape index (κ3) is 3.94. The number of carbonyl (C=O) groups is 1. The van der Waals surface area contributed by atoms with Gasteiger partial charge < -0.3 is 10.2 Å². The summed E-state index contributed by atoms with van der Waals surface area (Å²) in [4.78, 5) is 11.6. The zero-order valence-electron chi connectivity index (χ0n) is 16.6. The Hall–Kier alpha value is -3.07. The van der Waals surface area contributed by atoms with Crippen LogP contribution in [0.3, 0.4) is 0 Å². The van der Waals surface area contributed by atoms with E-state index in [0.717, 1.165) is 29.5 Å². The van der Waals surface area contributed by atoms with E-state index in [9.17, 15) is 15.0 Å². The molecule has 3 aromatic carbocycles. The highest BCUT2D eigenvalue weighted by molar-refractivity contribution is 5.91. The van der Waals surface area contributed by atoms with Gasteiger partial charge in [0, 0.05) is 11.5 Å². The molecule has 28 heavy (non-hydrogen) atoms. The molecular weight excluding hydrogens is 348 g/mol. The van der Waals surface area contributed by atoms with Gasteiger partial charge in [-0.2, -0.15) is 0 Å². The lowest BCUT2D eigenvalue weighted by molar-refractivity contribution is 0.0693. The van der Waals surface area contributed by atoms with Gasteiger partial charge in [-0.05, 0) is 53.6 Å². The van der Waals surface area contributed by atoms with E-state index in [4.69, 9.17) is 0 Å². The van der Waals surface area contributed by atoms with Crippen LogP contribution in [-0.4, -0.2) is 16.2 Å². The summed E-state index contributed by atoms with van der Waals surface area (Å²) in [6, 6.07) is 20.0. The van der Waals surface area contributed by atoms with E-state index in [1.807, 2.05) is 13.0 Å². The number of carboxylic acids is 1. The largest absolute Gasteiger partial charge is 0.507 e. The lowest BCUT2D eigenvalue weighted by atomic mass is 9.82. The van der Waals surface area contributed by atoms with Gasteiger partial charge in [0.05, 0.1) is 0 Å². The van der Waals surface area contributed by atoms with Crippen molar-refractivity contribution in [2.75, 3.05) is 0 Å². The molecule has 0 saturated heterocycles. The molecule has 0 saturated carbocycles. The van der Waals surface area contributed by atoms with Gasteiger partial charge in [-0.25, -0.2) is 4.79 Å². The van der Waals surface area contributed by atoms with Crippen LogP contribution in [0.4, 0.5) is 0 Å². The van der Waals surface area contributed by atoms with Crippen LogP contribution in [-0.2, 0) is 12.8 Å². The lowest BCUT2D eigenvalue weighted by Gasteiger charge is -2.22. The molecule has 0 amide bonds. The molecule has 0 aliphatic carbocycles. The van der Waals surface area contributed by atoms with Gasteiger partial charge in [0.25, 0.3) is 0 Å². The molecule has 0 spiro atoms. The molecule has 0 aromatic heterocycles. The highest BCUT2D eigenvalue weighted by atomic mass is 16.4. The number of carboxylic acid groups (broad SMARTS) is 1. The Balaban J connectivity index is 2.22. The SMILES string of the molecule is CCc1ccc(C(c2ccc(CC)cc2)c2cc(C)cc(C(=O)O)c2O)cc1. The van der Waals surface area contributed by atoms with Gasteiger partial charge in [0.15, 0.2) is 0 Å². The van der Waals surface area contributed by atoms with Crippen LogP contribution in [0.15, 0.2) is 60.7 Å². The first kappa shape index (κ1) is 19.7. The Morgan fingerprint density at radius 2 is 1.32 bits per heavy atom. The van der Waals surface area contributed by atoms with E-state index in [2.05, 4.69) is 62.4 Å². The Morgan fingerprint density at radius 1 is 0.857 bits per heavy atom. The van der Waals surface area contributed by atoms with E-state index in [-0.39, 0.29) is 17.2 Å². The van der Waals surface area contributed by atoms with E-state index in [0.29, 0.717) is 5.56 Å². The van der Waals surface area contributed by atoms with Crippen molar-refractivity contribution in [2.45, 2.75) is 39.5 Å². The highest BCUT2D eigenvalue weighted by Crippen LogP contribution is 2.39. The molecule has 3 rings (SSSR count). The summed E-state index contributed by atoms with van der Waals surface area (Å²) >= 11 is 0. The molecule has 2 N–H and O–H groups in total. The molecule has 0 aliphatic rings. The summed E-state index contributed by atoms with van der Waals surface area (Å²) < 4.78 is 0. The topological polar surface area (TPSA) is 57.5 Å². The van der Waals surface area contributed by atoms with Gasteiger partial charge >= 0.3 is 5.97 Å². The standard InChI is InChI=1S/C25H26O3/c1-4-17-6-10-19(11-7-17)23(20-12-8-18(5-2)9-13-20)21-14-16(3)15-22(24(21)26)25(27)28/h6-15,23,26H,4-5H2,1-3H3,(H,27,28). The number of hydrogen-bond donors (Lipinski definition) is 2. The molecule has 3 aromatic rings. The van der Waals surface area contributed by atoms with E-state index < -0.39 is 5.97 Å². The Labute approximate surface area is 166 Å². The maximum absolute atomic E-state index is 11.6. The quantitative estimate of drug-likeness (QED) is 0.544. The predicted molar refractivity (Wildman–Crippen MR) is 112 cm³/mol. The van der Waals surface area contributed by atoms with Crippen molar-refractivity contribution in [3.05, 3.63) is 99.6 Å². The minimum absolute atomic E-state index is 0.0599. The number of aromatic hydroxyl groups is 1. The number of aryl methyl sites for hydroxylation is 3. The fraction of sp³-hybridized carbons (Fsp3) is 0.240. The summed E-state index contributed by atoms with van der Waals surface area (Å²) in [5, 5.41) is 20.3. The second-order valence-electron chi connectivity index (χ2n) is 7.18. The molecule has 0 aliphatic heterocycles. The molecule has 0 heterocycles. The van der Waals surface area contributed by atoms with Crippen molar-refractivity contribution < 1.29 is 15.0 Å². The lowest BCUT2D eigenvalue weighted by Crippen LogP contribution is -2.08. The third-order valence-electron chi connectivity index (χ3n) is 5.27. The first-order chi connectivity index (χ1) is 13.4. The average Bonchev–Trinajstić information content (AvgIpc) is 2.71. The number of rotatable bonds is 6. The van der Waals surface area contributed by atoms with Crippen LogP contribution < -0.4 is 0 Å². The maximum atomic E-state index is 11.6. The third-order valence-corrected chi connectivity index (χ3v) is 5.27. The van der Waals surface area contributed by atoms with Crippen molar-refractivity contribution in [1.29, 1.82) is 0 Å². The van der Waals surface area contributed by atoms with Crippen molar-refractivity contribution >= 4 is 5.97 Å². The van der Waals surface area contributed by atoms with Crippen molar-refractivity contribution in [2.24, 2.45) is 0 Å². The molecule has 0 bridgehead atoms. The average molecular weight is 374 g/mol. The number of aromatic carboxylic acids is 1. The van der Waals surface area contributed by atoms with E-state index in [1.165, 1.54) is 17.2 Å². The van der Waals surface area contributed by atoms with Crippen LogP contribution in [0.25, 0.3) is 0 Å². The van der Waals surface area contributed by atoms with Crippen molar-refractivity contribution in [1.82, 2.24) is 0 Å². The number of benzene rings is 3. The van der Waals surface area contributed by atoms with Gasteiger partial charge in [-0.1, -0.05) is 68.4 Å². The molecule has 0 atom stereocenters. The summed E-state index contributed by atoms with van der Waals surface area (Å²) in [6.45, 7) is 6.08. The second kappa shape index (κ2) is 8.30. The van der Waals surface area contributed by atoms with Crippen LogP contribution in [0.1, 0.15) is 63.5 Å². The number of phenols is 1. The first-order valence-electron chi connectivity index (χ1n) is 9.69. The maximum Gasteiger partial charge on any atom is 0.339 e. The Kier molecular flexibility index (Phi) is 5.84. The smallest absolute Gasteiger partial charge is 0.339 e. The summed E-state index contributed by atoms with van der Waals surface area (Å²) in [5.41, 5.74) is 5.90. The fourth-order valence-electron chi connectivity index (χ4n) is 3.63. The fourth-order valence-corrected chi connectivity index (χ4v) is 3.63. The molecule has 0 radical (unpaired) electrons. The molecular formula is C25H26O3. The zero-order chi connectivity index (χ0) is 20.3. The van der Waals surface area contributed by atoms with Crippen LogP contribution in [0.2, 0.25) is 0 Å². The molecule has 3 heteroatoms. The molecule has 0 unspecified atom stereocenters. The Morgan fingerprint density at radius 3 is 1.71 bits per heavy atom. The minimum atomic E-state index is -1.12. The first-order valence-corrected chi connectivity index (χ1v) is 9.69. The zero-order valence-corrected chi connectivity index (χ0v) is 16.6. The van der Waals surface area contributed by atoms with E-state index in [1.54, 1.807) is 0 Å². The van der Waals surface area contributed by atoms with Crippen molar-refractivity contribution in [3.8, 4) is 5.75 Å². The molecule has 0 fully saturated rings. The van der Waals surface area contributed by atoms with Gasteiger partial charge in [0.2, 0.25) is 0 Å². The summed E-state index contributed by atoms with van der Waals surface area (Å²) in [5.74, 6) is -1.53. The van der Waals surface area contributed by atoms with Gasteiger partial charge in [0.1, 0.15) is 11.3 Å². The summed E-state index contributed by atoms with van der Waals surface area (Å²) in [7, 11) is 0. The van der Waals surface area contributed by atoms with Crippen LogP contribution in [0, 0.1) is 6.92 Å². The normalized spacial score (nSPS) is 11.0. The van der Waals surface area contributed by atoms with Gasteiger partial charge in [-0.15, -0.1) is 0 Å². The van der Waals surface area contributed by atoms with E-state index >= 15 is 0 Å². The number of hydrogen-bond acceptors (Lipinski definition) is 2. The second-order valence-corrected chi connectivity index (χ2v) is 7.18. The molecule has 144 valence electrons. The van der Waals surface area contributed by atoms with Gasteiger partial charge in [-0.3, -0.25) is 0 Å².